The minimum absolute atomic E-state index is 0.0992. The third kappa shape index (κ3) is 3.96. The highest BCUT2D eigenvalue weighted by Crippen LogP contribution is 2.35. The van der Waals surface area contributed by atoms with Gasteiger partial charge in [-0.05, 0) is 47.2 Å². The first-order chi connectivity index (χ1) is 12.1. The van der Waals surface area contributed by atoms with Crippen LogP contribution in [0.1, 0.15) is 76.9 Å². The number of ketones is 1. The smallest absolute Gasteiger partial charge is 0.253 e. The number of phenolic OH excluding ortho intramolecular Hbond substituents is 1. The lowest BCUT2D eigenvalue weighted by molar-refractivity contribution is 0.0827. The molecule has 2 aromatic carbocycles. The Hall–Kier alpha value is -2.62. The first-order valence-electron chi connectivity index (χ1n) is 8.86. The summed E-state index contributed by atoms with van der Waals surface area (Å²) < 4.78 is 0. The molecule has 2 aromatic rings. The first-order valence-corrected chi connectivity index (χ1v) is 8.86. The number of carbonyl (C=O) groups excluding carboxylic acids is 2. The van der Waals surface area contributed by atoms with Gasteiger partial charge >= 0.3 is 0 Å². The lowest BCUT2D eigenvalue weighted by Crippen LogP contribution is -2.21. The summed E-state index contributed by atoms with van der Waals surface area (Å²) in [5.74, 6) is 0.287. The third-order valence-corrected chi connectivity index (χ3v) is 4.48. The summed E-state index contributed by atoms with van der Waals surface area (Å²) in [6, 6.07) is 10.2. The molecule has 0 aliphatic carbocycles. The summed E-state index contributed by atoms with van der Waals surface area (Å²) in [5.41, 5.74) is 3.18. The van der Waals surface area contributed by atoms with Gasteiger partial charge in [0.25, 0.3) is 5.91 Å². The van der Waals surface area contributed by atoms with E-state index in [4.69, 9.17) is 0 Å². The Morgan fingerprint density at radius 3 is 1.62 bits per heavy atom. The van der Waals surface area contributed by atoms with Crippen LogP contribution in [0.4, 0.5) is 0 Å². The molecule has 1 amide bonds. The Labute approximate surface area is 155 Å². The van der Waals surface area contributed by atoms with Crippen molar-refractivity contribution in [3.05, 3.63) is 64.2 Å². The highest BCUT2D eigenvalue weighted by molar-refractivity contribution is 6.09. The minimum Gasteiger partial charge on any atom is -0.507 e. The zero-order valence-electron chi connectivity index (χ0n) is 16.3. The molecule has 2 rings (SSSR count). The van der Waals surface area contributed by atoms with E-state index >= 15 is 0 Å². The van der Waals surface area contributed by atoms with Gasteiger partial charge in [-0.2, -0.15) is 0 Å². The predicted octanol–water partition coefficient (Wildman–Crippen LogP) is 4.57. The topological polar surface area (TPSA) is 57.6 Å². The Balaban J connectivity index is 2.45. The molecule has 0 saturated heterocycles. The van der Waals surface area contributed by atoms with Gasteiger partial charge in [0, 0.05) is 30.8 Å². The van der Waals surface area contributed by atoms with Crippen LogP contribution in [-0.4, -0.2) is 35.8 Å². The number of rotatable bonds is 5. The van der Waals surface area contributed by atoms with Crippen LogP contribution in [0.5, 0.6) is 5.75 Å². The fraction of sp³-hybridized carbons (Fsp3) is 0.364. The maximum Gasteiger partial charge on any atom is 0.253 e. The summed E-state index contributed by atoms with van der Waals surface area (Å²) in [4.78, 5) is 26.4. The number of phenols is 1. The van der Waals surface area contributed by atoms with E-state index in [1.165, 1.54) is 4.90 Å². The molecule has 0 atom stereocenters. The molecule has 0 aliphatic heterocycles. The van der Waals surface area contributed by atoms with Crippen molar-refractivity contribution >= 4 is 11.7 Å². The van der Waals surface area contributed by atoms with E-state index in [2.05, 4.69) is 0 Å². The third-order valence-electron chi connectivity index (χ3n) is 4.48. The molecule has 26 heavy (non-hydrogen) atoms. The molecule has 4 nitrogen and oxygen atoms in total. The number of amides is 1. The van der Waals surface area contributed by atoms with E-state index in [0.717, 1.165) is 11.1 Å². The average Bonchev–Trinajstić information content (AvgIpc) is 2.60. The minimum atomic E-state index is -0.113. The maximum absolute atomic E-state index is 12.9. The van der Waals surface area contributed by atoms with Gasteiger partial charge in [-0.15, -0.1) is 0 Å². The highest BCUT2D eigenvalue weighted by Gasteiger charge is 2.19. The van der Waals surface area contributed by atoms with E-state index < -0.39 is 0 Å². The standard InChI is InChI=1S/C22H27NO3/c1-13(2)18-11-17(12-19(14(3)4)21(18)25)20(24)15-7-9-16(10-8-15)22(26)23(5)6/h7-14,25H,1-6H3. The van der Waals surface area contributed by atoms with E-state index in [-0.39, 0.29) is 29.3 Å². The van der Waals surface area contributed by atoms with Crippen molar-refractivity contribution in [2.75, 3.05) is 14.1 Å². The monoisotopic (exact) mass is 353 g/mol. The highest BCUT2D eigenvalue weighted by atomic mass is 16.3. The lowest BCUT2D eigenvalue weighted by atomic mass is 9.89. The second-order valence-corrected chi connectivity index (χ2v) is 7.42. The summed E-state index contributed by atoms with van der Waals surface area (Å²) in [7, 11) is 3.39. The van der Waals surface area contributed by atoms with Crippen molar-refractivity contribution in [1.29, 1.82) is 0 Å². The van der Waals surface area contributed by atoms with Crippen molar-refractivity contribution in [3.63, 3.8) is 0 Å². The van der Waals surface area contributed by atoms with Crippen molar-refractivity contribution in [1.82, 2.24) is 4.90 Å². The molecule has 1 N–H and O–H groups in total. The molecular weight excluding hydrogens is 326 g/mol. The normalized spacial score (nSPS) is 11.1. The largest absolute Gasteiger partial charge is 0.507 e. The Bertz CT molecular complexity index is 789. The molecule has 0 spiro atoms. The van der Waals surface area contributed by atoms with E-state index in [9.17, 15) is 14.7 Å². The number of nitrogens with zero attached hydrogens (tertiary/aromatic N) is 1. The van der Waals surface area contributed by atoms with Gasteiger partial charge in [0.2, 0.25) is 0 Å². The summed E-state index contributed by atoms with van der Waals surface area (Å²) in [6.07, 6.45) is 0. The molecule has 0 unspecified atom stereocenters. The van der Waals surface area contributed by atoms with Crippen LogP contribution < -0.4 is 0 Å². The number of hydrogen-bond donors (Lipinski definition) is 1. The van der Waals surface area contributed by atoms with E-state index in [0.29, 0.717) is 16.7 Å². The zero-order chi connectivity index (χ0) is 19.6. The van der Waals surface area contributed by atoms with Gasteiger partial charge in [0.15, 0.2) is 5.78 Å². The van der Waals surface area contributed by atoms with Crippen molar-refractivity contribution in [2.24, 2.45) is 0 Å². The predicted molar refractivity (Wildman–Crippen MR) is 104 cm³/mol. The van der Waals surface area contributed by atoms with Crippen molar-refractivity contribution < 1.29 is 14.7 Å². The average molecular weight is 353 g/mol. The molecule has 138 valence electrons. The van der Waals surface area contributed by atoms with Gasteiger partial charge in [0.1, 0.15) is 5.75 Å². The molecule has 0 fully saturated rings. The Kier molecular flexibility index (Phi) is 5.86. The molecule has 0 saturated carbocycles. The fourth-order valence-electron chi connectivity index (χ4n) is 2.88. The Morgan fingerprint density at radius 2 is 1.23 bits per heavy atom. The lowest BCUT2D eigenvalue weighted by Gasteiger charge is -2.17. The van der Waals surface area contributed by atoms with Crippen molar-refractivity contribution in [3.8, 4) is 5.75 Å². The van der Waals surface area contributed by atoms with Crippen LogP contribution in [0.3, 0.4) is 0 Å². The molecule has 0 aliphatic rings. The summed E-state index contributed by atoms with van der Waals surface area (Å²) in [5, 5.41) is 10.5. The molecular formula is C22H27NO3. The van der Waals surface area contributed by atoms with Gasteiger partial charge < -0.3 is 10.0 Å². The van der Waals surface area contributed by atoms with Crippen LogP contribution in [0.25, 0.3) is 0 Å². The zero-order valence-corrected chi connectivity index (χ0v) is 16.3. The first kappa shape index (κ1) is 19.7. The Morgan fingerprint density at radius 1 is 0.808 bits per heavy atom. The summed E-state index contributed by atoms with van der Waals surface area (Å²) in [6.45, 7) is 7.98. The van der Waals surface area contributed by atoms with Gasteiger partial charge in [-0.3, -0.25) is 9.59 Å². The van der Waals surface area contributed by atoms with E-state index in [1.54, 1.807) is 50.5 Å². The van der Waals surface area contributed by atoms with Crippen LogP contribution >= 0.6 is 0 Å². The number of aromatic hydroxyl groups is 1. The van der Waals surface area contributed by atoms with Gasteiger partial charge in [0.05, 0.1) is 0 Å². The van der Waals surface area contributed by atoms with Gasteiger partial charge in [-0.1, -0.05) is 39.8 Å². The van der Waals surface area contributed by atoms with Gasteiger partial charge in [-0.25, -0.2) is 0 Å². The summed E-state index contributed by atoms with van der Waals surface area (Å²) >= 11 is 0. The fourth-order valence-corrected chi connectivity index (χ4v) is 2.88. The second-order valence-electron chi connectivity index (χ2n) is 7.42. The molecule has 0 radical (unpaired) electrons. The quantitative estimate of drug-likeness (QED) is 0.801. The van der Waals surface area contributed by atoms with Crippen LogP contribution in [0.15, 0.2) is 36.4 Å². The van der Waals surface area contributed by atoms with Crippen LogP contribution in [0.2, 0.25) is 0 Å². The molecule has 4 heteroatoms. The number of carbonyl (C=O) groups is 2. The molecule has 0 heterocycles. The SMILES string of the molecule is CC(C)c1cc(C(=O)c2ccc(C(=O)N(C)C)cc2)cc(C(C)C)c1O. The second kappa shape index (κ2) is 7.73. The van der Waals surface area contributed by atoms with Crippen molar-refractivity contribution in [2.45, 2.75) is 39.5 Å². The maximum atomic E-state index is 12.9. The number of benzene rings is 2. The van der Waals surface area contributed by atoms with Crippen LogP contribution in [0, 0.1) is 0 Å². The molecule has 0 aromatic heterocycles. The number of hydrogen-bond acceptors (Lipinski definition) is 3. The molecule has 0 bridgehead atoms. The van der Waals surface area contributed by atoms with Crippen LogP contribution in [-0.2, 0) is 0 Å². The van der Waals surface area contributed by atoms with E-state index in [1.807, 2.05) is 27.7 Å².